The maximum atomic E-state index is 9.59. The third kappa shape index (κ3) is 5.30. The van der Waals surface area contributed by atoms with E-state index in [-0.39, 0.29) is 6.10 Å². The normalized spacial score (nSPS) is 12.5. The van der Waals surface area contributed by atoms with Gasteiger partial charge in [-0.15, -0.1) is 0 Å². The molecule has 0 radical (unpaired) electrons. The summed E-state index contributed by atoms with van der Waals surface area (Å²) >= 11 is 5.85. The van der Waals surface area contributed by atoms with E-state index in [1.807, 2.05) is 6.92 Å². The van der Waals surface area contributed by atoms with E-state index >= 15 is 0 Å². The van der Waals surface area contributed by atoms with Gasteiger partial charge in [-0.1, -0.05) is 24.9 Å². The highest BCUT2D eigenvalue weighted by atomic mass is 35.5. The smallest absolute Gasteiger partial charge is 0.158 e. The molecule has 5 nitrogen and oxygen atoms in total. The van der Waals surface area contributed by atoms with Gasteiger partial charge < -0.3 is 15.2 Å². The Bertz CT molecular complexity index is 349. The second-order valence-electron chi connectivity index (χ2n) is 3.75. The van der Waals surface area contributed by atoms with Gasteiger partial charge in [0.15, 0.2) is 5.82 Å². The first kappa shape index (κ1) is 14.2. The molecule has 1 heterocycles. The van der Waals surface area contributed by atoms with Crippen molar-refractivity contribution in [1.29, 1.82) is 0 Å². The zero-order chi connectivity index (χ0) is 12.7. The molecule has 2 N–H and O–H groups in total. The predicted molar refractivity (Wildman–Crippen MR) is 67.2 cm³/mol. The summed E-state index contributed by atoms with van der Waals surface area (Å²) in [4.78, 5) is 8.23. The van der Waals surface area contributed by atoms with Gasteiger partial charge in [-0.25, -0.2) is 9.97 Å². The lowest BCUT2D eigenvalue weighted by Crippen LogP contribution is -2.20. The van der Waals surface area contributed by atoms with E-state index in [9.17, 15) is 5.11 Å². The standard InChI is InChI=1S/C11H18ClN3O2/c1-3-4-8(16)6-13-10-5-9(12)14-11(15-10)7-17-2/h5,8,16H,3-4,6-7H2,1-2H3,(H,13,14,15). The number of halogens is 1. The molecule has 1 atom stereocenters. The molecule has 0 fully saturated rings. The van der Waals surface area contributed by atoms with Crippen LogP contribution in [0, 0.1) is 0 Å². The van der Waals surface area contributed by atoms with Crippen LogP contribution >= 0.6 is 11.6 Å². The molecule has 0 spiro atoms. The molecule has 0 aliphatic rings. The van der Waals surface area contributed by atoms with E-state index < -0.39 is 0 Å². The number of aliphatic hydroxyl groups is 1. The van der Waals surface area contributed by atoms with Crippen LogP contribution in [0.25, 0.3) is 0 Å². The average molecular weight is 260 g/mol. The molecule has 1 unspecified atom stereocenters. The summed E-state index contributed by atoms with van der Waals surface area (Å²) in [5, 5.41) is 13.0. The van der Waals surface area contributed by atoms with Crippen LogP contribution in [0.3, 0.4) is 0 Å². The Kier molecular flexibility index (Phi) is 6.18. The predicted octanol–water partition coefficient (Wildman–Crippen LogP) is 1.85. The highest BCUT2D eigenvalue weighted by Crippen LogP contribution is 2.12. The van der Waals surface area contributed by atoms with Crippen LogP contribution in [0.5, 0.6) is 0 Å². The van der Waals surface area contributed by atoms with Gasteiger partial charge in [0.25, 0.3) is 0 Å². The van der Waals surface area contributed by atoms with E-state index in [4.69, 9.17) is 16.3 Å². The lowest BCUT2D eigenvalue weighted by Gasteiger charge is -2.11. The van der Waals surface area contributed by atoms with Crippen molar-refractivity contribution < 1.29 is 9.84 Å². The highest BCUT2D eigenvalue weighted by molar-refractivity contribution is 6.29. The largest absolute Gasteiger partial charge is 0.391 e. The summed E-state index contributed by atoms with van der Waals surface area (Å²) in [7, 11) is 1.57. The number of rotatable bonds is 7. The molecule has 17 heavy (non-hydrogen) atoms. The maximum Gasteiger partial charge on any atom is 0.158 e. The Morgan fingerprint density at radius 2 is 2.29 bits per heavy atom. The van der Waals surface area contributed by atoms with Crippen molar-refractivity contribution in [3.8, 4) is 0 Å². The number of methoxy groups -OCH3 is 1. The summed E-state index contributed by atoms with van der Waals surface area (Å²) in [5.41, 5.74) is 0. The Morgan fingerprint density at radius 3 is 2.94 bits per heavy atom. The Balaban J connectivity index is 2.57. The third-order valence-corrected chi connectivity index (χ3v) is 2.35. The van der Waals surface area contributed by atoms with Gasteiger partial charge in [0.1, 0.15) is 17.6 Å². The zero-order valence-electron chi connectivity index (χ0n) is 10.1. The number of nitrogens with one attached hydrogen (secondary N) is 1. The van der Waals surface area contributed by atoms with Crippen LogP contribution in [-0.2, 0) is 11.3 Å². The van der Waals surface area contributed by atoms with Crippen LogP contribution in [0.15, 0.2) is 6.07 Å². The summed E-state index contributed by atoms with van der Waals surface area (Å²) in [6, 6.07) is 1.62. The average Bonchev–Trinajstić information content (AvgIpc) is 2.26. The van der Waals surface area contributed by atoms with Gasteiger partial charge in [0.05, 0.1) is 6.10 Å². The van der Waals surface area contributed by atoms with Crippen molar-refractivity contribution in [2.24, 2.45) is 0 Å². The maximum absolute atomic E-state index is 9.59. The molecule has 0 amide bonds. The molecule has 0 saturated carbocycles. The van der Waals surface area contributed by atoms with Crippen molar-refractivity contribution >= 4 is 17.4 Å². The topological polar surface area (TPSA) is 67.3 Å². The summed E-state index contributed by atoms with van der Waals surface area (Å²) in [5.74, 6) is 1.12. The number of anilines is 1. The number of aromatic nitrogens is 2. The zero-order valence-corrected chi connectivity index (χ0v) is 10.9. The van der Waals surface area contributed by atoms with Crippen LogP contribution in [-0.4, -0.2) is 34.8 Å². The number of hydrogen-bond acceptors (Lipinski definition) is 5. The number of hydrogen-bond donors (Lipinski definition) is 2. The molecule has 1 aromatic heterocycles. The molecule has 6 heteroatoms. The summed E-state index contributed by atoms with van der Waals surface area (Å²) in [6.07, 6.45) is 1.33. The fourth-order valence-electron chi connectivity index (χ4n) is 1.41. The van der Waals surface area contributed by atoms with Gasteiger partial charge in [0.2, 0.25) is 0 Å². The first-order valence-electron chi connectivity index (χ1n) is 5.60. The molecule has 96 valence electrons. The van der Waals surface area contributed by atoms with Crippen molar-refractivity contribution in [3.63, 3.8) is 0 Å². The molecule has 1 aromatic rings. The quantitative estimate of drug-likeness (QED) is 0.732. The molecular formula is C11H18ClN3O2. The van der Waals surface area contributed by atoms with Gasteiger partial charge in [-0.05, 0) is 6.42 Å². The monoisotopic (exact) mass is 259 g/mol. The molecule has 0 aliphatic heterocycles. The number of nitrogens with zero attached hydrogens (tertiary/aromatic N) is 2. The van der Waals surface area contributed by atoms with Gasteiger partial charge in [-0.3, -0.25) is 0 Å². The minimum atomic E-state index is -0.375. The van der Waals surface area contributed by atoms with Crippen molar-refractivity contribution in [2.75, 3.05) is 19.0 Å². The number of aliphatic hydroxyl groups excluding tert-OH is 1. The van der Waals surface area contributed by atoms with Crippen molar-refractivity contribution in [1.82, 2.24) is 9.97 Å². The van der Waals surface area contributed by atoms with Gasteiger partial charge in [0, 0.05) is 19.7 Å². The fraction of sp³-hybridized carbons (Fsp3) is 0.636. The lowest BCUT2D eigenvalue weighted by atomic mass is 10.2. The molecule has 0 saturated heterocycles. The van der Waals surface area contributed by atoms with Crippen molar-refractivity contribution in [2.45, 2.75) is 32.5 Å². The van der Waals surface area contributed by atoms with Crippen LogP contribution in [0.4, 0.5) is 5.82 Å². The Morgan fingerprint density at radius 1 is 1.53 bits per heavy atom. The number of ether oxygens (including phenoxy) is 1. The second kappa shape index (κ2) is 7.42. The lowest BCUT2D eigenvalue weighted by molar-refractivity contribution is 0.175. The summed E-state index contributed by atoms with van der Waals surface area (Å²) < 4.78 is 4.94. The second-order valence-corrected chi connectivity index (χ2v) is 4.14. The van der Waals surface area contributed by atoms with Gasteiger partial charge >= 0.3 is 0 Å². The van der Waals surface area contributed by atoms with Crippen LogP contribution < -0.4 is 5.32 Å². The van der Waals surface area contributed by atoms with Crippen LogP contribution in [0.2, 0.25) is 5.15 Å². The van der Waals surface area contributed by atoms with E-state index in [1.54, 1.807) is 13.2 Å². The first-order valence-corrected chi connectivity index (χ1v) is 5.97. The van der Waals surface area contributed by atoms with Crippen LogP contribution in [0.1, 0.15) is 25.6 Å². The third-order valence-electron chi connectivity index (χ3n) is 2.16. The van der Waals surface area contributed by atoms with E-state index in [0.29, 0.717) is 29.9 Å². The van der Waals surface area contributed by atoms with E-state index in [2.05, 4.69) is 15.3 Å². The van der Waals surface area contributed by atoms with Gasteiger partial charge in [-0.2, -0.15) is 0 Å². The molecular weight excluding hydrogens is 242 g/mol. The molecule has 0 bridgehead atoms. The SMILES string of the molecule is CCCC(O)CNc1cc(Cl)nc(COC)n1. The molecule has 0 aliphatic carbocycles. The molecule has 0 aromatic carbocycles. The molecule has 1 rings (SSSR count). The minimum Gasteiger partial charge on any atom is -0.391 e. The van der Waals surface area contributed by atoms with E-state index in [1.165, 1.54) is 0 Å². The highest BCUT2D eigenvalue weighted by Gasteiger charge is 2.06. The van der Waals surface area contributed by atoms with E-state index in [0.717, 1.165) is 12.8 Å². The minimum absolute atomic E-state index is 0.312. The first-order chi connectivity index (χ1) is 8.15. The Hall–Kier alpha value is -0.910. The fourth-order valence-corrected chi connectivity index (χ4v) is 1.61. The Labute approximate surface area is 106 Å². The summed E-state index contributed by atoms with van der Waals surface area (Å²) in [6.45, 7) is 2.79. The van der Waals surface area contributed by atoms with Crippen molar-refractivity contribution in [3.05, 3.63) is 17.0 Å².